The lowest BCUT2D eigenvalue weighted by molar-refractivity contribution is -0.153. The molecule has 7 nitrogen and oxygen atoms in total. The lowest BCUT2D eigenvalue weighted by atomic mass is 10.2. The average molecular weight is 346 g/mol. The fraction of sp³-hybridized carbons (Fsp3) is 0.800. The van der Waals surface area contributed by atoms with Crippen molar-refractivity contribution in [2.75, 3.05) is 31.2 Å². The Hall–Kier alpha value is -1.44. The molecular formula is C15H26N2O5S. The van der Waals surface area contributed by atoms with Crippen molar-refractivity contribution in [1.82, 2.24) is 10.2 Å². The van der Waals surface area contributed by atoms with Crippen molar-refractivity contribution in [3.8, 4) is 0 Å². The minimum atomic E-state index is -0.576. The van der Waals surface area contributed by atoms with E-state index in [0.717, 1.165) is 5.75 Å². The van der Waals surface area contributed by atoms with Crippen LogP contribution in [0.25, 0.3) is 0 Å². The number of carbonyl (C=O) groups excluding carboxylic acids is 3. The number of alkyl carbamates (subject to hydrolysis) is 1. The third-order valence-corrected chi connectivity index (χ3v) is 4.04. The summed E-state index contributed by atoms with van der Waals surface area (Å²) in [6.45, 7) is 8.03. The number of nitrogens with zero attached hydrogens (tertiary/aromatic N) is 1. The van der Waals surface area contributed by atoms with Gasteiger partial charge < -0.3 is 19.7 Å². The minimum Gasteiger partial charge on any atom is -0.464 e. The minimum absolute atomic E-state index is 0.125. The van der Waals surface area contributed by atoms with Crippen molar-refractivity contribution < 1.29 is 23.9 Å². The molecule has 8 heteroatoms. The summed E-state index contributed by atoms with van der Waals surface area (Å²) in [5.41, 5.74) is -0.576. The molecule has 1 saturated heterocycles. The standard InChI is InChI=1S/C15H26N2O5S/c1-5-21-13(19)11-10-23-9-8-17(11)12(18)6-7-16-14(20)22-15(2,3)4/h11H,5-10H2,1-4H3,(H,16,20). The Morgan fingerprint density at radius 1 is 1.30 bits per heavy atom. The van der Waals surface area contributed by atoms with Crippen molar-refractivity contribution in [2.24, 2.45) is 0 Å². The fourth-order valence-corrected chi connectivity index (χ4v) is 3.10. The Morgan fingerprint density at radius 3 is 2.61 bits per heavy atom. The van der Waals surface area contributed by atoms with Gasteiger partial charge in [-0.05, 0) is 27.7 Å². The second kappa shape index (κ2) is 9.00. The predicted molar refractivity (Wildman–Crippen MR) is 88.3 cm³/mol. The van der Waals surface area contributed by atoms with Crippen LogP contribution in [0.15, 0.2) is 0 Å². The molecule has 1 atom stereocenters. The number of hydrogen-bond acceptors (Lipinski definition) is 6. The molecule has 1 heterocycles. The molecule has 0 aromatic heterocycles. The molecule has 0 radical (unpaired) electrons. The first-order chi connectivity index (χ1) is 10.7. The van der Waals surface area contributed by atoms with E-state index in [0.29, 0.717) is 18.9 Å². The van der Waals surface area contributed by atoms with Crippen LogP contribution in [0.4, 0.5) is 4.79 Å². The Bertz CT molecular complexity index is 436. The Labute approximate surface area is 141 Å². The zero-order valence-corrected chi connectivity index (χ0v) is 15.0. The molecule has 1 N–H and O–H groups in total. The summed E-state index contributed by atoms with van der Waals surface area (Å²) in [5.74, 6) is 0.804. The number of thioether (sulfide) groups is 1. The van der Waals surface area contributed by atoms with Crippen LogP contribution in [0.2, 0.25) is 0 Å². The molecule has 1 fully saturated rings. The van der Waals surface area contributed by atoms with E-state index in [1.165, 1.54) is 0 Å². The van der Waals surface area contributed by atoms with Crippen molar-refractivity contribution in [3.63, 3.8) is 0 Å². The Balaban J connectivity index is 2.45. The van der Waals surface area contributed by atoms with Crippen LogP contribution >= 0.6 is 11.8 Å². The predicted octanol–water partition coefficient (Wildman–Crippen LogP) is 1.41. The zero-order valence-electron chi connectivity index (χ0n) is 14.2. The van der Waals surface area contributed by atoms with E-state index in [4.69, 9.17) is 9.47 Å². The van der Waals surface area contributed by atoms with Gasteiger partial charge in [-0.2, -0.15) is 11.8 Å². The normalized spacial score (nSPS) is 18.3. The number of esters is 1. The van der Waals surface area contributed by atoms with Gasteiger partial charge in [-0.1, -0.05) is 0 Å². The van der Waals surface area contributed by atoms with E-state index in [1.807, 2.05) is 0 Å². The van der Waals surface area contributed by atoms with Crippen LogP contribution in [0.5, 0.6) is 0 Å². The maximum atomic E-state index is 12.3. The third kappa shape index (κ3) is 7.11. The van der Waals surface area contributed by atoms with E-state index in [-0.39, 0.29) is 24.8 Å². The van der Waals surface area contributed by atoms with Crippen LogP contribution < -0.4 is 5.32 Å². The molecule has 132 valence electrons. The van der Waals surface area contributed by atoms with Crippen LogP contribution in [-0.4, -0.2) is 65.7 Å². The number of hydrogen-bond donors (Lipinski definition) is 1. The molecule has 1 rings (SSSR count). The Morgan fingerprint density at radius 2 is 2.00 bits per heavy atom. The van der Waals surface area contributed by atoms with Crippen molar-refractivity contribution in [3.05, 3.63) is 0 Å². The molecule has 0 spiro atoms. The average Bonchev–Trinajstić information content (AvgIpc) is 2.45. The first kappa shape index (κ1) is 19.6. The molecule has 2 amide bonds. The fourth-order valence-electron chi connectivity index (χ4n) is 2.07. The van der Waals surface area contributed by atoms with Crippen LogP contribution in [0.1, 0.15) is 34.1 Å². The van der Waals surface area contributed by atoms with Gasteiger partial charge in [-0.15, -0.1) is 0 Å². The van der Waals surface area contributed by atoms with Gasteiger partial charge in [0.05, 0.1) is 6.61 Å². The summed E-state index contributed by atoms with van der Waals surface area (Å²) in [6.07, 6.45) is -0.429. The van der Waals surface area contributed by atoms with Gasteiger partial charge >= 0.3 is 12.1 Å². The van der Waals surface area contributed by atoms with Gasteiger partial charge in [0.25, 0.3) is 0 Å². The smallest absolute Gasteiger partial charge is 0.407 e. The number of nitrogens with one attached hydrogen (secondary N) is 1. The zero-order chi connectivity index (χ0) is 17.5. The lowest BCUT2D eigenvalue weighted by Gasteiger charge is -2.33. The summed E-state index contributed by atoms with van der Waals surface area (Å²) in [7, 11) is 0. The molecule has 23 heavy (non-hydrogen) atoms. The quantitative estimate of drug-likeness (QED) is 0.758. The van der Waals surface area contributed by atoms with Crippen molar-refractivity contribution >= 4 is 29.7 Å². The largest absolute Gasteiger partial charge is 0.464 e. The van der Waals surface area contributed by atoms with Gasteiger partial charge in [-0.3, -0.25) is 4.79 Å². The first-order valence-corrected chi connectivity index (χ1v) is 8.90. The van der Waals surface area contributed by atoms with Gasteiger partial charge in [0, 0.05) is 31.0 Å². The Kier molecular flexibility index (Phi) is 7.67. The summed E-state index contributed by atoms with van der Waals surface area (Å²) in [5, 5.41) is 2.55. The molecule has 1 unspecified atom stereocenters. The van der Waals surface area contributed by atoms with Crippen molar-refractivity contribution in [1.29, 1.82) is 0 Å². The number of amides is 2. The molecule has 1 aliphatic heterocycles. The van der Waals surface area contributed by atoms with E-state index in [2.05, 4.69) is 5.32 Å². The second-order valence-corrected chi connectivity index (χ2v) is 7.26. The second-order valence-electron chi connectivity index (χ2n) is 6.11. The monoisotopic (exact) mass is 346 g/mol. The number of carbonyl (C=O) groups is 3. The number of rotatable bonds is 5. The van der Waals surface area contributed by atoms with E-state index < -0.39 is 17.7 Å². The highest BCUT2D eigenvalue weighted by atomic mass is 32.2. The highest BCUT2D eigenvalue weighted by Gasteiger charge is 2.33. The summed E-state index contributed by atoms with van der Waals surface area (Å²) >= 11 is 1.63. The van der Waals surface area contributed by atoms with Crippen LogP contribution in [-0.2, 0) is 19.1 Å². The molecule has 0 saturated carbocycles. The SMILES string of the molecule is CCOC(=O)C1CSCCN1C(=O)CCNC(=O)OC(C)(C)C. The summed E-state index contributed by atoms with van der Waals surface area (Å²) in [6, 6.07) is -0.539. The van der Waals surface area contributed by atoms with Crippen LogP contribution in [0.3, 0.4) is 0 Å². The molecular weight excluding hydrogens is 320 g/mol. The third-order valence-electron chi connectivity index (χ3n) is 3.01. The van der Waals surface area contributed by atoms with Gasteiger partial charge in [-0.25, -0.2) is 9.59 Å². The van der Waals surface area contributed by atoms with Crippen LogP contribution in [0, 0.1) is 0 Å². The topological polar surface area (TPSA) is 84.9 Å². The molecule has 0 aliphatic carbocycles. The van der Waals surface area contributed by atoms with E-state index in [9.17, 15) is 14.4 Å². The number of ether oxygens (including phenoxy) is 2. The summed E-state index contributed by atoms with van der Waals surface area (Å²) < 4.78 is 10.1. The highest BCUT2D eigenvalue weighted by molar-refractivity contribution is 7.99. The molecule has 1 aliphatic rings. The van der Waals surface area contributed by atoms with E-state index >= 15 is 0 Å². The van der Waals surface area contributed by atoms with Gasteiger partial charge in [0.2, 0.25) is 5.91 Å². The highest BCUT2D eigenvalue weighted by Crippen LogP contribution is 2.18. The maximum absolute atomic E-state index is 12.3. The first-order valence-electron chi connectivity index (χ1n) is 7.75. The van der Waals surface area contributed by atoms with Gasteiger partial charge in [0.1, 0.15) is 11.6 Å². The van der Waals surface area contributed by atoms with Gasteiger partial charge in [0.15, 0.2) is 0 Å². The molecule has 0 bridgehead atoms. The maximum Gasteiger partial charge on any atom is 0.407 e. The summed E-state index contributed by atoms with van der Waals surface area (Å²) in [4.78, 5) is 37.3. The lowest BCUT2D eigenvalue weighted by Crippen LogP contribution is -2.51. The van der Waals surface area contributed by atoms with E-state index in [1.54, 1.807) is 44.4 Å². The molecule has 0 aromatic rings. The molecule has 0 aromatic carbocycles. The van der Waals surface area contributed by atoms with Crippen molar-refractivity contribution in [2.45, 2.75) is 45.8 Å².